The second-order valence-corrected chi connectivity index (χ2v) is 12.5. The van der Waals surface area contributed by atoms with Gasteiger partial charge in [0.2, 0.25) is 0 Å². The summed E-state index contributed by atoms with van der Waals surface area (Å²) in [5.41, 5.74) is 10.4. The van der Waals surface area contributed by atoms with Gasteiger partial charge in [-0.2, -0.15) is 0 Å². The molecule has 0 aliphatic heterocycles. The fraction of sp³-hybridized carbons (Fsp3) is 0.0217. The Labute approximate surface area is 274 Å². The third-order valence-corrected chi connectivity index (χ3v) is 9.49. The van der Waals surface area contributed by atoms with Crippen LogP contribution in [0, 0.1) is 6.92 Å². The van der Waals surface area contributed by atoms with Gasteiger partial charge < -0.3 is 0 Å². The zero-order valence-electron chi connectivity index (χ0n) is 26.1. The van der Waals surface area contributed by atoms with Gasteiger partial charge >= 0.3 is 0 Å². The van der Waals surface area contributed by atoms with E-state index in [1.165, 1.54) is 70.9 Å². The number of pyridine rings is 1. The van der Waals surface area contributed by atoms with Gasteiger partial charge in [-0.25, -0.2) is 4.98 Å². The lowest BCUT2D eigenvalue weighted by Gasteiger charge is -2.19. The van der Waals surface area contributed by atoms with Crippen molar-refractivity contribution in [3.05, 3.63) is 175 Å². The quantitative estimate of drug-likeness (QED) is 0.184. The summed E-state index contributed by atoms with van der Waals surface area (Å²) < 4.78 is 0. The molecule has 0 saturated heterocycles. The molecule has 0 aliphatic carbocycles. The second kappa shape index (κ2) is 11.1. The largest absolute Gasteiger partial charge is 0.248 e. The average Bonchev–Trinajstić information content (AvgIpc) is 3.13. The van der Waals surface area contributed by atoms with E-state index in [2.05, 4.69) is 177 Å². The molecule has 1 heteroatoms. The van der Waals surface area contributed by atoms with E-state index in [1.807, 2.05) is 0 Å². The lowest BCUT2D eigenvalue weighted by Crippen LogP contribution is -1.93. The lowest BCUT2D eigenvalue weighted by molar-refractivity contribution is 1.32. The van der Waals surface area contributed by atoms with Gasteiger partial charge in [-0.1, -0.05) is 145 Å². The summed E-state index contributed by atoms with van der Waals surface area (Å²) in [5, 5.41) is 9.94. The Kier molecular flexibility index (Phi) is 6.43. The highest BCUT2D eigenvalue weighted by atomic mass is 14.7. The molecule has 8 aromatic carbocycles. The average molecular weight is 598 g/mol. The van der Waals surface area contributed by atoms with E-state index in [1.54, 1.807) is 0 Å². The molecule has 1 heterocycles. The smallest absolute Gasteiger partial charge is 0.0709 e. The van der Waals surface area contributed by atoms with Gasteiger partial charge in [0.15, 0.2) is 0 Å². The van der Waals surface area contributed by atoms with Gasteiger partial charge in [-0.3, -0.25) is 0 Å². The molecule has 0 radical (unpaired) electrons. The first-order chi connectivity index (χ1) is 23.2. The Morgan fingerprint density at radius 1 is 0.319 bits per heavy atom. The summed E-state index contributed by atoms with van der Waals surface area (Å²) in [4.78, 5) is 5.17. The molecule has 0 N–H and O–H groups in total. The van der Waals surface area contributed by atoms with Crippen LogP contribution in [0.1, 0.15) is 5.56 Å². The standard InChI is InChI=1S/C46H31N/c1-30-17-19-33(20-18-30)43-15-8-16-44(47-43)36-25-26-41-42(29-36)46(38-24-22-32-10-3-5-12-35(32)28-38)40-14-7-6-13-39(40)45(41)37-23-21-31-9-2-4-11-34(31)27-37/h2-29H,1H3. The second-order valence-electron chi connectivity index (χ2n) is 12.5. The third kappa shape index (κ3) is 4.76. The van der Waals surface area contributed by atoms with Gasteiger partial charge in [0.05, 0.1) is 11.4 Å². The first kappa shape index (κ1) is 27.3. The van der Waals surface area contributed by atoms with Crippen molar-refractivity contribution in [1.29, 1.82) is 0 Å². The van der Waals surface area contributed by atoms with E-state index in [-0.39, 0.29) is 0 Å². The van der Waals surface area contributed by atoms with Gasteiger partial charge in [-0.05, 0) is 103 Å². The summed E-state index contributed by atoms with van der Waals surface area (Å²) in [6.45, 7) is 2.12. The van der Waals surface area contributed by atoms with Crippen LogP contribution in [0.3, 0.4) is 0 Å². The molecule has 220 valence electrons. The maximum atomic E-state index is 5.17. The first-order valence-electron chi connectivity index (χ1n) is 16.2. The molecule has 47 heavy (non-hydrogen) atoms. The predicted octanol–water partition coefficient (Wildman–Crippen LogP) is 12.7. The third-order valence-electron chi connectivity index (χ3n) is 9.49. The summed E-state index contributed by atoms with van der Waals surface area (Å²) in [6.07, 6.45) is 0. The highest BCUT2D eigenvalue weighted by Gasteiger charge is 2.18. The molecule has 0 fully saturated rings. The minimum atomic E-state index is 0.967. The summed E-state index contributed by atoms with van der Waals surface area (Å²) in [6, 6.07) is 61.7. The highest BCUT2D eigenvalue weighted by Crippen LogP contribution is 2.45. The molecule has 0 atom stereocenters. The molecule has 9 aromatic rings. The number of rotatable bonds is 4. The number of benzene rings is 8. The number of hydrogen-bond acceptors (Lipinski definition) is 1. The lowest BCUT2D eigenvalue weighted by atomic mass is 9.84. The predicted molar refractivity (Wildman–Crippen MR) is 201 cm³/mol. The van der Waals surface area contributed by atoms with E-state index < -0.39 is 0 Å². The summed E-state index contributed by atoms with van der Waals surface area (Å²) in [5.74, 6) is 0. The van der Waals surface area contributed by atoms with Crippen LogP contribution in [-0.4, -0.2) is 4.98 Å². The Balaban J connectivity index is 1.35. The first-order valence-corrected chi connectivity index (χ1v) is 16.2. The minimum Gasteiger partial charge on any atom is -0.248 e. The Hall–Kier alpha value is -6.05. The van der Waals surface area contributed by atoms with Crippen LogP contribution in [0.2, 0.25) is 0 Å². The molecule has 1 aromatic heterocycles. The van der Waals surface area contributed by atoms with Crippen LogP contribution in [0.5, 0.6) is 0 Å². The number of nitrogens with zero attached hydrogens (tertiary/aromatic N) is 1. The van der Waals surface area contributed by atoms with Crippen molar-refractivity contribution in [2.75, 3.05) is 0 Å². The molecule has 0 aliphatic rings. The molecule has 0 spiro atoms. The molecular weight excluding hydrogens is 567 g/mol. The number of fused-ring (bicyclic) bond motifs is 4. The van der Waals surface area contributed by atoms with E-state index >= 15 is 0 Å². The zero-order chi connectivity index (χ0) is 31.3. The van der Waals surface area contributed by atoms with Crippen molar-refractivity contribution in [1.82, 2.24) is 4.98 Å². The summed E-state index contributed by atoms with van der Waals surface area (Å²) in [7, 11) is 0. The van der Waals surface area contributed by atoms with Crippen molar-refractivity contribution in [3.63, 3.8) is 0 Å². The Morgan fingerprint density at radius 3 is 1.40 bits per heavy atom. The van der Waals surface area contributed by atoms with E-state index in [9.17, 15) is 0 Å². The minimum absolute atomic E-state index is 0.967. The van der Waals surface area contributed by atoms with Crippen LogP contribution in [0.4, 0.5) is 0 Å². The molecular formula is C46H31N. The fourth-order valence-electron chi connectivity index (χ4n) is 7.13. The van der Waals surface area contributed by atoms with Gasteiger partial charge in [-0.15, -0.1) is 0 Å². The maximum Gasteiger partial charge on any atom is 0.0709 e. The van der Waals surface area contributed by atoms with E-state index in [4.69, 9.17) is 4.98 Å². The van der Waals surface area contributed by atoms with Crippen molar-refractivity contribution >= 4 is 43.1 Å². The van der Waals surface area contributed by atoms with Crippen molar-refractivity contribution < 1.29 is 0 Å². The van der Waals surface area contributed by atoms with E-state index in [0.29, 0.717) is 0 Å². The molecule has 0 amide bonds. The molecule has 0 saturated carbocycles. The monoisotopic (exact) mass is 597 g/mol. The molecule has 9 rings (SSSR count). The molecule has 0 bridgehead atoms. The van der Waals surface area contributed by atoms with Crippen molar-refractivity contribution in [2.24, 2.45) is 0 Å². The topological polar surface area (TPSA) is 12.9 Å². The van der Waals surface area contributed by atoms with Crippen LogP contribution < -0.4 is 0 Å². The van der Waals surface area contributed by atoms with E-state index in [0.717, 1.165) is 22.5 Å². The van der Waals surface area contributed by atoms with Crippen LogP contribution in [-0.2, 0) is 0 Å². The Morgan fingerprint density at radius 2 is 0.787 bits per heavy atom. The fourth-order valence-corrected chi connectivity index (χ4v) is 7.13. The van der Waals surface area contributed by atoms with Gasteiger partial charge in [0, 0.05) is 11.1 Å². The maximum absolute atomic E-state index is 5.17. The van der Waals surface area contributed by atoms with Crippen LogP contribution in [0.15, 0.2) is 170 Å². The van der Waals surface area contributed by atoms with Gasteiger partial charge in [0.1, 0.15) is 0 Å². The van der Waals surface area contributed by atoms with Crippen LogP contribution >= 0.6 is 0 Å². The Bertz CT molecular complexity index is 2630. The highest BCUT2D eigenvalue weighted by molar-refractivity contribution is 6.22. The van der Waals surface area contributed by atoms with Crippen molar-refractivity contribution in [3.8, 4) is 44.8 Å². The normalized spacial score (nSPS) is 11.5. The summed E-state index contributed by atoms with van der Waals surface area (Å²) >= 11 is 0. The number of aryl methyl sites for hydroxylation is 1. The number of aromatic nitrogens is 1. The molecule has 1 nitrogen and oxygen atoms in total. The van der Waals surface area contributed by atoms with Crippen molar-refractivity contribution in [2.45, 2.75) is 6.92 Å². The SMILES string of the molecule is Cc1ccc(-c2cccc(-c3ccc4c(-c5ccc6ccccc6c5)c5ccccc5c(-c5ccc6ccccc6c5)c4c3)n2)cc1. The number of hydrogen-bond donors (Lipinski definition) is 0. The molecule has 0 unspecified atom stereocenters. The van der Waals surface area contributed by atoms with Crippen LogP contribution in [0.25, 0.3) is 87.9 Å². The zero-order valence-corrected chi connectivity index (χ0v) is 26.1. The van der Waals surface area contributed by atoms with Gasteiger partial charge in [0.25, 0.3) is 0 Å².